The molecular weight excluding hydrogens is 357 g/mol. The minimum atomic E-state index is -0.395. The molecular formula is C26H27NP+. The van der Waals surface area contributed by atoms with Gasteiger partial charge in [0.05, 0.1) is 10.9 Å². The molecule has 5 rings (SSSR count). The van der Waals surface area contributed by atoms with E-state index < -0.39 is 7.92 Å². The van der Waals surface area contributed by atoms with E-state index in [0.717, 1.165) is 6.42 Å². The Balaban J connectivity index is 1.93. The van der Waals surface area contributed by atoms with Gasteiger partial charge in [0.1, 0.15) is 7.05 Å². The quantitative estimate of drug-likeness (QED) is 0.323. The number of aromatic nitrogens is 1. The Morgan fingerprint density at radius 3 is 2.57 bits per heavy atom. The number of rotatable bonds is 2. The first-order valence-electron chi connectivity index (χ1n) is 10.2. The van der Waals surface area contributed by atoms with E-state index in [2.05, 4.69) is 93.8 Å². The first-order valence-corrected chi connectivity index (χ1v) is 12.0. The van der Waals surface area contributed by atoms with E-state index in [4.69, 9.17) is 0 Å². The van der Waals surface area contributed by atoms with Crippen LogP contribution in [-0.2, 0) is 13.5 Å². The van der Waals surface area contributed by atoms with Crippen molar-refractivity contribution >= 4 is 40.1 Å². The van der Waals surface area contributed by atoms with E-state index in [1.165, 1.54) is 49.2 Å². The number of pyridine rings is 1. The molecule has 0 aliphatic carbocycles. The van der Waals surface area contributed by atoms with Crippen LogP contribution in [0.1, 0.15) is 25.0 Å². The van der Waals surface area contributed by atoms with Gasteiger partial charge in [0, 0.05) is 16.2 Å². The zero-order chi connectivity index (χ0) is 19.6. The Morgan fingerprint density at radius 2 is 1.79 bits per heavy atom. The fourth-order valence-electron chi connectivity index (χ4n) is 4.89. The minimum absolute atomic E-state index is 0.395. The van der Waals surface area contributed by atoms with Crippen molar-refractivity contribution in [3.05, 3.63) is 65.9 Å². The van der Waals surface area contributed by atoms with Crippen LogP contribution in [0.25, 0.3) is 32.8 Å². The lowest BCUT2D eigenvalue weighted by Gasteiger charge is -2.26. The zero-order valence-corrected chi connectivity index (χ0v) is 18.3. The van der Waals surface area contributed by atoms with E-state index in [1.807, 2.05) is 0 Å². The summed E-state index contributed by atoms with van der Waals surface area (Å²) in [6.07, 6.45) is 3.46. The summed E-state index contributed by atoms with van der Waals surface area (Å²) in [4.78, 5) is 0. The van der Waals surface area contributed by atoms with Gasteiger partial charge in [-0.1, -0.05) is 56.3 Å². The molecule has 3 aromatic carbocycles. The molecule has 0 saturated heterocycles. The molecule has 0 saturated carbocycles. The number of benzene rings is 3. The van der Waals surface area contributed by atoms with Gasteiger partial charge in [-0.2, -0.15) is 4.57 Å². The molecule has 1 nitrogen and oxygen atoms in total. The van der Waals surface area contributed by atoms with Gasteiger partial charge in [0.2, 0.25) is 5.69 Å². The van der Waals surface area contributed by atoms with Gasteiger partial charge in [-0.05, 0) is 61.7 Å². The van der Waals surface area contributed by atoms with E-state index in [9.17, 15) is 0 Å². The van der Waals surface area contributed by atoms with Gasteiger partial charge < -0.3 is 0 Å². The van der Waals surface area contributed by atoms with Gasteiger partial charge in [0.15, 0.2) is 6.20 Å². The summed E-state index contributed by atoms with van der Waals surface area (Å²) in [5.74, 6) is 0.674. The summed E-state index contributed by atoms with van der Waals surface area (Å²) >= 11 is 0. The molecule has 1 atom stereocenters. The van der Waals surface area contributed by atoms with Crippen LogP contribution in [0.2, 0.25) is 0 Å². The maximum atomic E-state index is 2.47. The van der Waals surface area contributed by atoms with Crippen molar-refractivity contribution in [2.75, 3.05) is 6.66 Å². The summed E-state index contributed by atoms with van der Waals surface area (Å²) in [7, 11) is 1.82. The van der Waals surface area contributed by atoms with Crippen molar-refractivity contribution in [1.29, 1.82) is 0 Å². The highest BCUT2D eigenvalue weighted by Gasteiger charge is 2.33. The Labute approximate surface area is 168 Å². The molecule has 0 amide bonds. The molecule has 4 aromatic rings. The summed E-state index contributed by atoms with van der Waals surface area (Å²) in [6, 6.07) is 18.5. The standard InChI is InChI=1S/C26H27NP/c1-16(2)13-18-10-12-20-15-27(4)25-23-17(3)9-11-19-7-6-8-22(24(19)23)28(5)26(25)21(20)14-18/h6-12,14-16H,13H2,1-5H3/q+1. The average molecular weight is 384 g/mol. The Bertz CT molecular complexity index is 1250. The fourth-order valence-corrected chi connectivity index (χ4v) is 7.16. The number of hydrogen-bond acceptors (Lipinski definition) is 0. The summed E-state index contributed by atoms with van der Waals surface area (Å²) < 4.78 is 2.37. The number of fused-ring (bicyclic) bond motifs is 4. The highest BCUT2D eigenvalue weighted by molar-refractivity contribution is 7.73. The molecule has 0 radical (unpaired) electrons. The topological polar surface area (TPSA) is 3.88 Å². The molecule has 0 spiro atoms. The highest BCUT2D eigenvalue weighted by Crippen LogP contribution is 2.45. The monoisotopic (exact) mass is 384 g/mol. The van der Waals surface area contributed by atoms with Gasteiger partial charge in [-0.25, -0.2) is 0 Å². The van der Waals surface area contributed by atoms with Crippen molar-refractivity contribution in [1.82, 2.24) is 0 Å². The predicted octanol–water partition coefficient (Wildman–Crippen LogP) is 5.37. The fraction of sp³-hybridized carbons (Fsp3) is 0.269. The van der Waals surface area contributed by atoms with Crippen molar-refractivity contribution < 1.29 is 4.57 Å². The van der Waals surface area contributed by atoms with E-state index in [0.29, 0.717) is 5.92 Å². The van der Waals surface area contributed by atoms with Crippen LogP contribution in [0.5, 0.6) is 0 Å². The van der Waals surface area contributed by atoms with E-state index in [1.54, 1.807) is 5.30 Å². The lowest BCUT2D eigenvalue weighted by molar-refractivity contribution is -0.658. The maximum absolute atomic E-state index is 2.47. The maximum Gasteiger partial charge on any atom is 0.221 e. The average Bonchev–Trinajstić information content (AvgIpc) is 2.66. The Morgan fingerprint density at radius 1 is 1.00 bits per heavy atom. The van der Waals surface area contributed by atoms with Crippen LogP contribution >= 0.6 is 7.92 Å². The van der Waals surface area contributed by atoms with Crippen LogP contribution < -0.4 is 15.2 Å². The van der Waals surface area contributed by atoms with Gasteiger partial charge in [-0.15, -0.1) is 0 Å². The molecule has 1 unspecified atom stereocenters. The van der Waals surface area contributed by atoms with Crippen LogP contribution in [0, 0.1) is 12.8 Å². The minimum Gasteiger partial charge on any atom is -0.200 e. The largest absolute Gasteiger partial charge is 0.221 e. The predicted molar refractivity (Wildman–Crippen MR) is 123 cm³/mol. The van der Waals surface area contributed by atoms with Crippen LogP contribution in [-0.4, -0.2) is 6.66 Å². The molecule has 1 aliphatic heterocycles. The lowest BCUT2D eigenvalue weighted by atomic mass is 9.94. The summed E-state index contributed by atoms with van der Waals surface area (Å²) in [6.45, 7) is 9.32. The SMILES string of the molecule is Cc1ccc2cccc3c2c1-c1c(c2cc(CC(C)C)ccc2c[n+]1C)P3C. The number of hydrogen-bond donors (Lipinski definition) is 0. The number of aryl methyl sites for hydroxylation is 2. The summed E-state index contributed by atoms with van der Waals surface area (Å²) in [5, 5.41) is 8.72. The smallest absolute Gasteiger partial charge is 0.200 e. The molecule has 0 N–H and O–H groups in total. The first kappa shape index (κ1) is 17.8. The van der Waals surface area contributed by atoms with E-state index >= 15 is 0 Å². The second-order valence-electron chi connectivity index (χ2n) is 8.65. The van der Waals surface area contributed by atoms with Crippen molar-refractivity contribution in [3.63, 3.8) is 0 Å². The second kappa shape index (κ2) is 6.39. The van der Waals surface area contributed by atoms with E-state index in [-0.39, 0.29) is 0 Å². The molecule has 0 fully saturated rings. The van der Waals surface area contributed by atoms with Gasteiger partial charge >= 0.3 is 0 Å². The van der Waals surface area contributed by atoms with Gasteiger partial charge in [0.25, 0.3) is 0 Å². The highest BCUT2D eigenvalue weighted by atomic mass is 31.1. The van der Waals surface area contributed by atoms with Crippen LogP contribution in [0.4, 0.5) is 0 Å². The Kier molecular flexibility index (Phi) is 4.07. The normalized spacial score (nSPS) is 15.4. The molecule has 1 aromatic heterocycles. The third-order valence-corrected chi connectivity index (χ3v) is 8.31. The molecule has 0 bridgehead atoms. The van der Waals surface area contributed by atoms with Crippen molar-refractivity contribution in [3.8, 4) is 11.3 Å². The zero-order valence-electron chi connectivity index (χ0n) is 17.4. The first-order chi connectivity index (χ1) is 13.5. The second-order valence-corrected chi connectivity index (χ2v) is 10.7. The molecule has 2 heteroatoms. The van der Waals surface area contributed by atoms with Crippen LogP contribution in [0.15, 0.2) is 54.7 Å². The number of nitrogens with zero attached hydrogens (tertiary/aromatic N) is 1. The van der Waals surface area contributed by atoms with Crippen LogP contribution in [0.3, 0.4) is 0 Å². The third-order valence-electron chi connectivity index (χ3n) is 6.09. The summed E-state index contributed by atoms with van der Waals surface area (Å²) in [5.41, 5.74) is 5.68. The lowest BCUT2D eigenvalue weighted by Crippen LogP contribution is -2.39. The Hall–Kier alpha value is -2.24. The van der Waals surface area contributed by atoms with Gasteiger partial charge in [-0.3, -0.25) is 0 Å². The molecule has 140 valence electrons. The molecule has 2 heterocycles. The molecule has 28 heavy (non-hydrogen) atoms. The van der Waals surface area contributed by atoms with Crippen molar-refractivity contribution in [2.24, 2.45) is 13.0 Å². The van der Waals surface area contributed by atoms with Crippen molar-refractivity contribution in [2.45, 2.75) is 27.2 Å². The third kappa shape index (κ3) is 2.53. The molecule has 1 aliphatic rings.